The minimum Gasteiger partial charge on any atom is -0.486 e. The summed E-state index contributed by atoms with van der Waals surface area (Å²) in [6.07, 6.45) is 0.812. The number of rotatable bonds is 3. The lowest BCUT2D eigenvalue weighted by Crippen LogP contribution is -2.47. The monoisotopic (exact) mass is 328 g/mol. The molecule has 126 valence electrons. The molecule has 1 N–H and O–H groups in total. The van der Waals surface area contributed by atoms with E-state index in [1.165, 1.54) is 12.1 Å². The maximum Gasteiger partial charge on any atom is 0.322 e. The second-order valence-corrected chi connectivity index (χ2v) is 6.02. The zero-order valence-electron chi connectivity index (χ0n) is 13.9. The van der Waals surface area contributed by atoms with Crippen LogP contribution in [0.4, 0.5) is 14.9 Å². The van der Waals surface area contributed by atoms with Crippen LogP contribution in [0.3, 0.4) is 0 Å². The van der Waals surface area contributed by atoms with Gasteiger partial charge in [-0.05, 0) is 48.7 Å². The number of nitrogens with one attached hydrogen (secondary N) is 1. The number of hydrogen-bond donors (Lipinski definition) is 1. The Morgan fingerprint density at radius 2 is 2.04 bits per heavy atom. The third kappa shape index (κ3) is 3.50. The van der Waals surface area contributed by atoms with Crippen molar-refractivity contribution in [3.05, 3.63) is 59.4 Å². The van der Waals surface area contributed by atoms with Gasteiger partial charge in [-0.2, -0.15) is 0 Å². The Bertz CT molecular complexity index is 731. The first kappa shape index (κ1) is 16.3. The zero-order valence-corrected chi connectivity index (χ0v) is 13.9. The summed E-state index contributed by atoms with van der Waals surface area (Å²) in [6.45, 7) is 4.90. The third-order valence-electron chi connectivity index (χ3n) is 4.14. The highest BCUT2D eigenvalue weighted by atomic mass is 19.1. The lowest BCUT2D eigenvalue weighted by atomic mass is 10.1. The van der Waals surface area contributed by atoms with E-state index in [9.17, 15) is 9.18 Å². The van der Waals surface area contributed by atoms with Gasteiger partial charge in [0.15, 0.2) is 0 Å². The first-order valence-corrected chi connectivity index (χ1v) is 8.14. The van der Waals surface area contributed by atoms with Crippen molar-refractivity contribution in [2.24, 2.45) is 0 Å². The fourth-order valence-corrected chi connectivity index (χ4v) is 2.74. The van der Waals surface area contributed by atoms with E-state index in [2.05, 4.69) is 5.32 Å². The number of benzene rings is 2. The molecule has 0 fully saturated rings. The van der Waals surface area contributed by atoms with E-state index in [1.54, 1.807) is 17.0 Å². The number of carbonyl (C=O) groups excluding carboxylic acids is 1. The molecule has 1 atom stereocenters. The van der Waals surface area contributed by atoms with E-state index in [0.29, 0.717) is 13.1 Å². The molecule has 4 nitrogen and oxygen atoms in total. The standard InChI is InChI=1S/C19H21FN2O2/c1-3-16-12-22(17-10-13(2)4-9-18(17)24-16)19(23)21-11-14-5-7-15(20)8-6-14/h4-10,16H,3,11-12H2,1-2H3,(H,21,23)/t16-/m1/s1. The number of urea groups is 1. The molecular formula is C19H21FN2O2. The highest BCUT2D eigenvalue weighted by Crippen LogP contribution is 2.34. The number of aryl methyl sites for hydroxylation is 1. The molecule has 3 rings (SSSR count). The molecule has 2 aromatic rings. The summed E-state index contributed by atoms with van der Waals surface area (Å²) in [7, 11) is 0. The van der Waals surface area contributed by atoms with Crippen LogP contribution in [0, 0.1) is 12.7 Å². The largest absolute Gasteiger partial charge is 0.486 e. The average Bonchev–Trinajstić information content (AvgIpc) is 2.60. The molecule has 0 spiro atoms. The molecule has 1 heterocycles. The Hall–Kier alpha value is -2.56. The predicted molar refractivity (Wildman–Crippen MR) is 91.9 cm³/mol. The Balaban J connectivity index is 1.76. The number of anilines is 1. The van der Waals surface area contributed by atoms with Gasteiger partial charge in [-0.3, -0.25) is 4.90 Å². The van der Waals surface area contributed by atoms with Gasteiger partial charge in [-0.15, -0.1) is 0 Å². The van der Waals surface area contributed by atoms with Gasteiger partial charge in [0, 0.05) is 6.54 Å². The Kier molecular flexibility index (Phi) is 4.69. The molecule has 0 aromatic heterocycles. The third-order valence-corrected chi connectivity index (χ3v) is 4.14. The first-order valence-electron chi connectivity index (χ1n) is 8.14. The summed E-state index contributed by atoms with van der Waals surface area (Å²) < 4.78 is 18.9. The molecule has 1 aliphatic rings. The molecule has 1 aliphatic heterocycles. The fourth-order valence-electron chi connectivity index (χ4n) is 2.74. The van der Waals surface area contributed by atoms with Crippen molar-refractivity contribution in [1.29, 1.82) is 0 Å². The minimum absolute atomic E-state index is 0.0169. The molecule has 0 radical (unpaired) electrons. The normalized spacial score (nSPS) is 16.3. The molecule has 0 unspecified atom stereocenters. The average molecular weight is 328 g/mol. The smallest absolute Gasteiger partial charge is 0.322 e. The van der Waals surface area contributed by atoms with Crippen LogP contribution < -0.4 is 15.0 Å². The van der Waals surface area contributed by atoms with Crippen molar-refractivity contribution in [3.63, 3.8) is 0 Å². The van der Waals surface area contributed by atoms with Crippen LogP contribution in [-0.4, -0.2) is 18.7 Å². The van der Waals surface area contributed by atoms with Crippen molar-refractivity contribution < 1.29 is 13.9 Å². The number of hydrogen-bond acceptors (Lipinski definition) is 2. The topological polar surface area (TPSA) is 41.6 Å². The van der Waals surface area contributed by atoms with Gasteiger partial charge in [0.2, 0.25) is 0 Å². The lowest BCUT2D eigenvalue weighted by molar-refractivity contribution is 0.186. The molecule has 0 aliphatic carbocycles. The van der Waals surface area contributed by atoms with E-state index < -0.39 is 0 Å². The van der Waals surface area contributed by atoms with Crippen LogP contribution in [-0.2, 0) is 6.54 Å². The van der Waals surface area contributed by atoms with Crippen LogP contribution in [0.25, 0.3) is 0 Å². The second kappa shape index (κ2) is 6.91. The number of nitrogens with zero attached hydrogens (tertiary/aromatic N) is 1. The number of carbonyl (C=O) groups is 1. The van der Waals surface area contributed by atoms with Crippen LogP contribution in [0.5, 0.6) is 5.75 Å². The summed E-state index contributed by atoms with van der Waals surface area (Å²) in [5.41, 5.74) is 2.72. The summed E-state index contributed by atoms with van der Waals surface area (Å²) in [5.74, 6) is 0.448. The maximum atomic E-state index is 13.0. The van der Waals surface area contributed by atoms with Crippen LogP contribution in [0.2, 0.25) is 0 Å². The van der Waals surface area contributed by atoms with E-state index >= 15 is 0 Å². The Labute approximate surface area is 141 Å². The molecular weight excluding hydrogens is 307 g/mol. The van der Waals surface area contributed by atoms with Crippen molar-refractivity contribution >= 4 is 11.7 Å². The van der Waals surface area contributed by atoms with Gasteiger partial charge in [0.25, 0.3) is 0 Å². The van der Waals surface area contributed by atoms with Gasteiger partial charge in [-0.25, -0.2) is 9.18 Å². The molecule has 5 heteroatoms. The van der Waals surface area contributed by atoms with Crippen molar-refractivity contribution in [2.45, 2.75) is 32.9 Å². The summed E-state index contributed by atoms with van der Waals surface area (Å²) >= 11 is 0. The molecule has 2 amide bonds. The SMILES string of the molecule is CC[C@@H]1CN(C(=O)NCc2ccc(F)cc2)c2cc(C)ccc2O1. The molecule has 0 saturated carbocycles. The summed E-state index contributed by atoms with van der Waals surface area (Å²) in [5, 5.41) is 2.90. The summed E-state index contributed by atoms with van der Waals surface area (Å²) in [6, 6.07) is 11.8. The highest BCUT2D eigenvalue weighted by molar-refractivity contribution is 5.94. The van der Waals surface area contributed by atoms with Gasteiger partial charge in [-0.1, -0.05) is 25.1 Å². The predicted octanol–water partition coefficient (Wildman–Crippen LogP) is 4.02. The van der Waals surface area contributed by atoms with Crippen molar-refractivity contribution in [2.75, 3.05) is 11.4 Å². The minimum atomic E-state index is -0.284. The second-order valence-electron chi connectivity index (χ2n) is 6.02. The Morgan fingerprint density at radius 3 is 2.75 bits per heavy atom. The maximum absolute atomic E-state index is 13.0. The van der Waals surface area contributed by atoms with Crippen LogP contribution in [0.15, 0.2) is 42.5 Å². The highest BCUT2D eigenvalue weighted by Gasteiger charge is 2.28. The van der Waals surface area contributed by atoms with Crippen molar-refractivity contribution in [1.82, 2.24) is 5.32 Å². The number of halogens is 1. The van der Waals surface area contributed by atoms with E-state index in [4.69, 9.17) is 4.74 Å². The first-order chi connectivity index (χ1) is 11.6. The van der Waals surface area contributed by atoms with Gasteiger partial charge >= 0.3 is 6.03 Å². The van der Waals surface area contributed by atoms with Crippen molar-refractivity contribution in [3.8, 4) is 5.75 Å². The van der Waals surface area contributed by atoms with E-state index in [0.717, 1.165) is 29.0 Å². The lowest BCUT2D eigenvalue weighted by Gasteiger charge is -2.34. The van der Waals surface area contributed by atoms with Crippen LogP contribution in [0.1, 0.15) is 24.5 Å². The van der Waals surface area contributed by atoms with E-state index in [-0.39, 0.29) is 18.0 Å². The summed E-state index contributed by atoms with van der Waals surface area (Å²) in [4.78, 5) is 14.4. The zero-order chi connectivity index (χ0) is 17.1. The van der Waals surface area contributed by atoms with Gasteiger partial charge in [0.05, 0.1) is 12.2 Å². The van der Waals surface area contributed by atoms with Gasteiger partial charge in [0.1, 0.15) is 17.7 Å². The number of ether oxygens (including phenoxy) is 1. The molecule has 0 saturated heterocycles. The number of amides is 2. The molecule has 2 aromatic carbocycles. The number of fused-ring (bicyclic) bond motifs is 1. The fraction of sp³-hybridized carbons (Fsp3) is 0.316. The quantitative estimate of drug-likeness (QED) is 0.924. The van der Waals surface area contributed by atoms with E-state index in [1.807, 2.05) is 32.0 Å². The van der Waals surface area contributed by atoms with Gasteiger partial charge < -0.3 is 10.1 Å². The molecule has 0 bridgehead atoms. The van der Waals surface area contributed by atoms with Crippen LogP contribution >= 0.6 is 0 Å². The Morgan fingerprint density at radius 1 is 1.29 bits per heavy atom. The molecule has 24 heavy (non-hydrogen) atoms.